The van der Waals surface area contributed by atoms with E-state index in [4.69, 9.17) is 4.74 Å². The maximum atomic E-state index is 14.2. The smallest absolute Gasteiger partial charge is 0.257 e. The summed E-state index contributed by atoms with van der Waals surface area (Å²) in [5.41, 5.74) is 0.434. The van der Waals surface area contributed by atoms with E-state index in [2.05, 4.69) is 17.6 Å². The lowest BCUT2D eigenvalue weighted by Crippen LogP contribution is -2.30. The largest absolute Gasteiger partial charge is 0.482 e. The van der Waals surface area contributed by atoms with Crippen LogP contribution >= 0.6 is 7.14 Å². The number of ether oxygens (including phenoxy) is 1. The Morgan fingerprint density at radius 3 is 1.95 bits per heavy atom. The Morgan fingerprint density at radius 1 is 0.730 bits per heavy atom. The van der Waals surface area contributed by atoms with Gasteiger partial charge >= 0.3 is 0 Å². The Morgan fingerprint density at radius 2 is 1.30 bits per heavy atom. The maximum absolute atomic E-state index is 14.2. The van der Waals surface area contributed by atoms with Crippen LogP contribution in [0, 0.1) is 0 Å². The van der Waals surface area contributed by atoms with Crippen molar-refractivity contribution in [3.05, 3.63) is 84.9 Å². The van der Waals surface area contributed by atoms with E-state index in [1.807, 2.05) is 36.4 Å². The fraction of sp³-hybridized carbons (Fsp3) is 0.333. The second-order valence-corrected chi connectivity index (χ2v) is 11.8. The van der Waals surface area contributed by atoms with Gasteiger partial charge in [0.15, 0.2) is 13.7 Å². The third kappa shape index (κ3) is 8.91. The highest BCUT2D eigenvalue weighted by molar-refractivity contribution is 7.79. The van der Waals surface area contributed by atoms with Crippen LogP contribution in [0.1, 0.15) is 45.4 Å². The molecule has 0 atom stereocenters. The highest BCUT2D eigenvalue weighted by Gasteiger charge is 2.30. The van der Waals surface area contributed by atoms with Crippen molar-refractivity contribution in [1.29, 1.82) is 0 Å². The molecule has 0 fully saturated rings. The van der Waals surface area contributed by atoms with Gasteiger partial charge in [0, 0.05) is 17.2 Å². The minimum atomic E-state index is -3.21. The first-order valence-corrected chi connectivity index (χ1v) is 14.9. The van der Waals surface area contributed by atoms with Gasteiger partial charge in [0.1, 0.15) is 5.75 Å². The molecule has 3 rings (SSSR count). The quantitative estimate of drug-likeness (QED) is 0.205. The zero-order valence-electron chi connectivity index (χ0n) is 21.5. The number of hydrogen-bond donors (Lipinski definition) is 2. The third-order valence-corrected chi connectivity index (χ3v) is 9.08. The lowest BCUT2D eigenvalue weighted by Gasteiger charge is -2.19. The lowest BCUT2D eigenvalue weighted by atomic mass is 10.1. The van der Waals surface area contributed by atoms with Gasteiger partial charge in [-0.05, 0) is 18.6 Å². The minimum Gasteiger partial charge on any atom is -0.482 e. The molecule has 3 aromatic rings. The third-order valence-electron chi connectivity index (χ3n) is 6.09. The summed E-state index contributed by atoms with van der Waals surface area (Å²) in [6.07, 6.45) is 6.77. The van der Waals surface area contributed by atoms with Crippen LogP contribution in [0.4, 0.5) is 5.69 Å². The first-order chi connectivity index (χ1) is 18.0. The molecule has 0 spiro atoms. The molecule has 2 N–H and O–H groups in total. The van der Waals surface area contributed by atoms with Crippen molar-refractivity contribution in [2.75, 3.05) is 24.6 Å². The maximum Gasteiger partial charge on any atom is 0.257 e. The normalized spacial score (nSPS) is 11.1. The Hall–Kier alpha value is -3.37. The van der Waals surface area contributed by atoms with Crippen molar-refractivity contribution in [1.82, 2.24) is 5.32 Å². The monoisotopic (exact) mass is 520 g/mol. The summed E-state index contributed by atoms with van der Waals surface area (Å²) < 4.78 is 19.9. The molecule has 196 valence electrons. The molecule has 7 heteroatoms. The van der Waals surface area contributed by atoms with Crippen molar-refractivity contribution >= 4 is 35.3 Å². The van der Waals surface area contributed by atoms with Crippen LogP contribution in [0.25, 0.3) is 0 Å². The molecule has 0 aromatic heterocycles. The second-order valence-electron chi connectivity index (χ2n) is 9.02. The van der Waals surface area contributed by atoms with Crippen LogP contribution < -0.4 is 26.0 Å². The molecule has 0 bridgehead atoms. The number of para-hydroxylation sites is 2. The first-order valence-electron chi connectivity index (χ1n) is 13.0. The molecule has 0 aliphatic rings. The van der Waals surface area contributed by atoms with Crippen molar-refractivity contribution in [2.45, 2.75) is 45.4 Å². The van der Waals surface area contributed by atoms with E-state index in [1.54, 1.807) is 48.5 Å². The molecule has 0 radical (unpaired) electrons. The van der Waals surface area contributed by atoms with E-state index in [0.717, 1.165) is 12.8 Å². The number of amides is 2. The molecular formula is C30H37N2O4P. The number of benzene rings is 3. The Kier molecular flexibility index (Phi) is 11.4. The van der Waals surface area contributed by atoms with Crippen molar-refractivity contribution < 1.29 is 18.9 Å². The summed E-state index contributed by atoms with van der Waals surface area (Å²) in [7, 11) is -3.21. The second kappa shape index (κ2) is 15.0. The van der Waals surface area contributed by atoms with E-state index in [1.165, 1.54) is 25.7 Å². The van der Waals surface area contributed by atoms with Crippen LogP contribution in [0.2, 0.25) is 0 Å². The summed E-state index contributed by atoms with van der Waals surface area (Å²) >= 11 is 0. The number of rotatable bonds is 15. The van der Waals surface area contributed by atoms with Gasteiger partial charge in [-0.1, -0.05) is 112 Å². The average molecular weight is 521 g/mol. The lowest BCUT2D eigenvalue weighted by molar-refractivity contribution is -0.123. The minimum absolute atomic E-state index is 0.144. The van der Waals surface area contributed by atoms with Gasteiger partial charge in [-0.3, -0.25) is 9.59 Å². The van der Waals surface area contributed by atoms with Crippen molar-refractivity contribution in [2.24, 2.45) is 0 Å². The summed E-state index contributed by atoms with van der Waals surface area (Å²) in [5, 5.41) is 6.98. The fourth-order valence-corrected chi connectivity index (χ4v) is 6.54. The van der Waals surface area contributed by atoms with Gasteiger partial charge in [0.2, 0.25) is 5.91 Å². The van der Waals surface area contributed by atoms with Gasteiger partial charge in [0.25, 0.3) is 5.91 Å². The molecule has 0 unspecified atom stereocenters. The zero-order valence-corrected chi connectivity index (χ0v) is 22.4. The molecule has 0 saturated carbocycles. The van der Waals surface area contributed by atoms with Gasteiger partial charge in [0.05, 0.1) is 11.8 Å². The van der Waals surface area contributed by atoms with E-state index in [-0.39, 0.29) is 24.6 Å². The zero-order chi connectivity index (χ0) is 26.3. The number of carbonyl (C=O) groups is 2. The highest BCUT2D eigenvalue weighted by atomic mass is 31.2. The summed E-state index contributed by atoms with van der Waals surface area (Å²) in [6, 6.07) is 25.1. The molecule has 0 saturated heterocycles. The molecule has 37 heavy (non-hydrogen) atoms. The number of unbranched alkanes of at least 4 members (excludes halogenated alkanes) is 5. The molecule has 2 amide bonds. The van der Waals surface area contributed by atoms with E-state index >= 15 is 0 Å². The highest BCUT2D eigenvalue weighted by Crippen LogP contribution is 2.43. The number of nitrogens with one attached hydrogen (secondary N) is 2. The van der Waals surface area contributed by atoms with Crippen LogP contribution in [0.15, 0.2) is 84.9 Å². The van der Waals surface area contributed by atoms with Crippen LogP contribution in [0.3, 0.4) is 0 Å². The summed E-state index contributed by atoms with van der Waals surface area (Å²) in [6.45, 7) is 2.67. The van der Waals surface area contributed by atoms with E-state index < -0.39 is 7.14 Å². The fourth-order valence-electron chi connectivity index (χ4n) is 4.08. The van der Waals surface area contributed by atoms with Gasteiger partial charge in [-0.2, -0.15) is 0 Å². The van der Waals surface area contributed by atoms with Gasteiger partial charge in [-0.15, -0.1) is 0 Å². The molecule has 0 aliphatic heterocycles. The average Bonchev–Trinajstić information content (AvgIpc) is 2.93. The standard InChI is InChI=1S/C30H37N2O4P/c1-2-3-4-5-6-15-22-31-29(33)23-36-28-21-14-13-20-27(28)32-30(34)24-37(35,25-16-9-7-10-17-25)26-18-11-8-12-19-26/h7-14,16-21H,2-6,15,22-24H2,1H3,(H,31,33)(H,32,34). The topological polar surface area (TPSA) is 84.5 Å². The van der Waals surface area contributed by atoms with E-state index in [0.29, 0.717) is 28.6 Å². The molecule has 0 aliphatic carbocycles. The summed E-state index contributed by atoms with van der Waals surface area (Å²) in [4.78, 5) is 25.3. The number of carbonyl (C=O) groups excluding carboxylic acids is 2. The SMILES string of the molecule is CCCCCCCCNC(=O)COc1ccccc1NC(=O)CP(=O)(c1ccccc1)c1ccccc1. The van der Waals surface area contributed by atoms with Gasteiger partial charge < -0.3 is 19.9 Å². The van der Waals surface area contributed by atoms with Crippen LogP contribution in [-0.2, 0) is 14.2 Å². The first kappa shape index (κ1) is 28.2. The van der Waals surface area contributed by atoms with Crippen LogP contribution in [0.5, 0.6) is 5.75 Å². The Balaban J connectivity index is 1.58. The molecule has 3 aromatic carbocycles. The van der Waals surface area contributed by atoms with Gasteiger partial charge in [-0.25, -0.2) is 0 Å². The van der Waals surface area contributed by atoms with Crippen molar-refractivity contribution in [3.63, 3.8) is 0 Å². The molecule has 0 heterocycles. The number of hydrogen-bond acceptors (Lipinski definition) is 4. The Labute approximate surface area is 220 Å². The van der Waals surface area contributed by atoms with Crippen LogP contribution in [-0.4, -0.2) is 31.1 Å². The predicted molar refractivity (Wildman–Crippen MR) is 152 cm³/mol. The van der Waals surface area contributed by atoms with Crippen molar-refractivity contribution in [3.8, 4) is 5.75 Å². The molecule has 6 nitrogen and oxygen atoms in total. The Bertz CT molecular complexity index is 1120. The van der Waals surface area contributed by atoms with E-state index in [9.17, 15) is 14.2 Å². The number of anilines is 1. The predicted octanol–water partition coefficient (Wildman–Crippen LogP) is 5.49. The summed E-state index contributed by atoms with van der Waals surface area (Å²) in [5.74, 6) is -0.202. The molecular weight excluding hydrogens is 483 g/mol.